The molecule has 0 radical (unpaired) electrons. The number of hydrogen-bond acceptors (Lipinski definition) is 5. The number of quaternary nitrogens is 1. The average Bonchev–Trinajstić information content (AvgIpc) is 3.31. The Hall–Kier alpha value is -2.28. The molecule has 6 heteroatoms. The van der Waals surface area contributed by atoms with Gasteiger partial charge in [-0.15, -0.1) is 17.9 Å². The fraction of sp³-hybridized carbons (Fsp3) is 0.391. The molecule has 0 spiro atoms. The maximum absolute atomic E-state index is 6.46. The Kier molecular flexibility index (Phi) is 5.31. The van der Waals surface area contributed by atoms with E-state index in [1.54, 1.807) is 0 Å². The minimum absolute atomic E-state index is 0.716. The maximum atomic E-state index is 6.46. The van der Waals surface area contributed by atoms with Gasteiger partial charge in [0.1, 0.15) is 30.2 Å². The molecule has 0 bridgehead atoms. The zero-order valence-electron chi connectivity index (χ0n) is 16.6. The van der Waals surface area contributed by atoms with E-state index in [2.05, 4.69) is 12.6 Å². The van der Waals surface area contributed by atoms with Crippen molar-refractivity contribution in [2.75, 3.05) is 26.3 Å². The molecule has 0 saturated carbocycles. The molecule has 1 fully saturated rings. The Morgan fingerprint density at radius 1 is 1.17 bits per heavy atom. The third-order valence-corrected chi connectivity index (χ3v) is 6.91. The van der Waals surface area contributed by atoms with Gasteiger partial charge in [-0.3, -0.25) is 0 Å². The van der Waals surface area contributed by atoms with Gasteiger partial charge in [-0.1, -0.05) is 24.3 Å². The molecule has 0 amide bonds. The summed E-state index contributed by atoms with van der Waals surface area (Å²) in [6.07, 6.45) is 6.14. The number of aryl methyl sites for hydroxylation is 2. The van der Waals surface area contributed by atoms with E-state index < -0.39 is 0 Å². The molecule has 0 unspecified atom stereocenters. The largest absolute Gasteiger partial charge is 0.438 e. The van der Waals surface area contributed by atoms with Crippen molar-refractivity contribution in [3.05, 3.63) is 58.7 Å². The first-order valence-electron chi connectivity index (χ1n) is 10.4. The lowest BCUT2D eigenvalue weighted by Crippen LogP contribution is -3.12. The highest BCUT2D eigenvalue weighted by atomic mass is 32.1. The van der Waals surface area contributed by atoms with Crippen LogP contribution >= 0.6 is 11.3 Å². The number of rotatable bonds is 6. The molecular formula is C23H26N3O2S+. The van der Waals surface area contributed by atoms with Gasteiger partial charge in [0.2, 0.25) is 5.88 Å². The summed E-state index contributed by atoms with van der Waals surface area (Å²) in [5.74, 6) is 2.44. The van der Waals surface area contributed by atoms with E-state index in [4.69, 9.17) is 19.4 Å². The van der Waals surface area contributed by atoms with Crippen LogP contribution in [0.1, 0.15) is 28.2 Å². The van der Waals surface area contributed by atoms with Crippen LogP contribution in [0.2, 0.25) is 0 Å². The first-order valence-corrected chi connectivity index (χ1v) is 11.2. The topological polar surface area (TPSA) is 48.7 Å². The second kappa shape index (κ2) is 8.22. The van der Waals surface area contributed by atoms with Crippen LogP contribution in [0, 0.1) is 0 Å². The highest BCUT2D eigenvalue weighted by Gasteiger charge is 2.25. The Morgan fingerprint density at radius 3 is 2.90 bits per heavy atom. The molecule has 2 aromatic heterocycles. The Labute approximate surface area is 175 Å². The van der Waals surface area contributed by atoms with E-state index in [0.717, 1.165) is 79.5 Å². The third-order valence-electron chi connectivity index (χ3n) is 5.73. The van der Waals surface area contributed by atoms with Crippen molar-refractivity contribution >= 4 is 21.6 Å². The molecule has 3 heterocycles. The van der Waals surface area contributed by atoms with Crippen LogP contribution in [0.15, 0.2) is 36.9 Å². The van der Waals surface area contributed by atoms with Gasteiger partial charge in [-0.05, 0) is 42.9 Å². The van der Waals surface area contributed by atoms with Gasteiger partial charge in [0.25, 0.3) is 0 Å². The second-order valence-corrected chi connectivity index (χ2v) is 8.81. The number of hydrogen-bond donors (Lipinski definition) is 1. The quantitative estimate of drug-likeness (QED) is 0.637. The zero-order chi connectivity index (χ0) is 19.6. The Balaban J connectivity index is 1.55. The summed E-state index contributed by atoms with van der Waals surface area (Å²) in [5.41, 5.74) is 2.52. The number of para-hydroxylation sites is 1. The summed E-state index contributed by atoms with van der Waals surface area (Å²) in [6.45, 7) is 8.31. The molecule has 1 saturated heterocycles. The summed E-state index contributed by atoms with van der Waals surface area (Å²) in [4.78, 5) is 13.9. The lowest BCUT2D eigenvalue weighted by molar-refractivity contribution is -0.922. The zero-order valence-corrected chi connectivity index (χ0v) is 17.4. The van der Waals surface area contributed by atoms with Gasteiger partial charge in [0.05, 0.1) is 18.6 Å². The fourth-order valence-corrected chi connectivity index (χ4v) is 5.52. The molecule has 1 aliphatic carbocycles. The predicted octanol–water partition coefficient (Wildman–Crippen LogP) is 3.12. The molecule has 1 N–H and O–H groups in total. The molecule has 5 rings (SSSR count). The van der Waals surface area contributed by atoms with Gasteiger partial charge in [0, 0.05) is 4.88 Å². The maximum Gasteiger partial charge on any atom is 0.231 e. The number of nitrogens with one attached hydrogen (secondary N) is 1. The molecule has 3 aromatic rings. The van der Waals surface area contributed by atoms with E-state index in [1.165, 1.54) is 21.8 Å². The van der Waals surface area contributed by atoms with Gasteiger partial charge >= 0.3 is 0 Å². The Morgan fingerprint density at radius 2 is 2.03 bits per heavy atom. The molecular weight excluding hydrogens is 382 g/mol. The van der Waals surface area contributed by atoms with E-state index in [-0.39, 0.29) is 0 Å². The number of morpholine rings is 1. The smallest absolute Gasteiger partial charge is 0.231 e. The SMILES string of the molecule is C=CCc1ccccc1Oc1nc(C[NH+]2CCOCC2)nc2sc3c(c12)CCC3. The minimum Gasteiger partial charge on any atom is -0.438 e. The summed E-state index contributed by atoms with van der Waals surface area (Å²) in [6, 6.07) is 8.16. The Bertz CT molecular complexity index is 1040. The first-order chi connectivity index (χ1) is 14.3. The van der Waals surface area contributed by atoms with Crippen LogP contribution in [0.4, 0.5) is 0 Å². The minimum atomic E-state index is 0.716. The molecule has 29 heavy (non-hydrogen) atoms. The van der Waals surface area contributed by atoms with Gasteiger partial charge in [0.15, 0.2) is 5.82 Å². The molecule has 5 nitrogen and oxygen atoms in total. The summed E-state index contributed by atoms with van der Waals surface area (Å²) < 4.78 is 12.0. The normalized spacial score (nSPS) is 16.8. The van der Waals surface area contributed by atoms with E-state index in [1.807, 2.05) is 35.6 Å². The number of ether oxygens (including phenoxy) is 2. The van der Waals surface area contributed by atoms with Crippen molar-refractivity contribution in [1.29, 1.82) is 0 Å². The van der Waals surface area contributed by atoms with Crippen molar-refractivity contribution < 1.29 is 14.4 Å². The molecule has 2 aliphatic rings. The van der Waals surface area contributed by atoms with Crippen molar-refractivity contribution in [2.45, 2.75) is 32.2 Å². The number of thiophene rings is 1. The van der Waals surface area contributed by atoms with Gasteiger partial charge < -0.3 is 14.4 Å². The highest BCUT2D eigenvalue weighted by Crippen LogP contribution is 2.41. The molecule has 0 atom stereocenters. The average molecular weight is 409 g/mol. The summed E-state index contributed by atoms with van der Waals surface area (Å²) >= 11 is 1.82. The number of benzene rings is 1. The van der Waals surface area contributed by atoms with Crippen molar-refractivity contribution in [3.8, 4) is 11.6 Å². The lowest BCUT2D eigenvalue weighted by atomic mass is 10.1. The van der Waals surface area contributed by atoms with E-state index in [9.17, 15) is 0 Å². The number of aromatic nitrogens is 2. The highest BCUT2D eigenvalue weighted by molar-refractivity contribution is 7.19. The van der Waals surface area contributed by atoms with Crippen molar-refractivity contribution in [3.63, 3.8) is 0 Å². The second-order valence-electron chi connectivity index (χ2n) is 7.72. The number of fused-ring (bicyclic) bond motifs is 3. The van der Waals surface area contributed by atoms with Crippen LogP contribution in [0.3, 0.4) is 0 Å². The summed E-state index contributed by atoms with van der Waals surface area (Å²) in [7, 11) is 0. The van der Waals surface area contributed by atoms with Gasteiger partial charge in [-0.2, -0.15) is 4.98 Å². The van der Waals surface area contributed by atoms with Crippen LogP contribution in [0.5, 0.6) is 11.6 Å². The third kappa shape index (κ3) is 3.80. The fourth-order valence-electron chi connectivity index (χ4n) is 4.25. The monoisotopic (exact) mass is 408 g/mol. The number of nitrogens with zero attached hydrogens (tertiary/aromatic N) is 2. The van der Waals surface area contributed by atoms with Gasteiger partial charge in [-0.25, -0.2) is 4.98 Å². The molecule has 1 aliphatic heterocycles. The van der Waals surface area contributed by atoms with Crippen LogP contribution in [0.25, 0.3) is 10.2 Å². The van der Waals surface area contributed by atoms with Crippen molar-refractivity contribution in [2.24, 2.45) is 0 Å². The van der Waals surface area contributed by atoms with E-state index in [0.29, 0.717) is 5.88 Å². The molecule has 150 valence electrons. The van der Waals surface area contributed by atoms with Crippen LogP contribution < -0.4 is 9.64 Å². The predicted molar refractivity (Wildman–Crippen MR) is 115 cm³/mol. The van der Waals surface area contributed by atoms with Crippen LogP contribution in [-0.4, -0.2) is 36.3 Å². The summed E-state index contributed by atoms with van der Waals surface area (Å²) in [5, 5.41) is 1.12. The van der Waals surface area contributed by atoms with E-state index >= 15 is 0 Å². The van der Waals surface area contributed by atoms with Crippen LogP contribution in [-0.2, 0) is 30.5 Å². The molecule has 1 aromatic carbocycles. The van der Waals surface area contributed by atoms with Crippen molar-refractivity contribution in [1.82, 2.24) is 9.97 Å². The first kappa shape index (κ1) is 18.7. The number of allylic oxidation sites excluding steroid dienone is 1. The lowest BCUT2D eigenvalue weighted by Gasteiger charge is -2.23. The standard InChI is InChI=1S/C23H25N3O2S/c1-2-6-16-7-3-4-9-18(16)28-22-21-17-8-5-10-19(17)29-23(21)25-20(24-22)15-26-11-13-27-14-12-26/h2-4,7,9H,1,5-6,8,10-15H2/p+1.